The van der Waals surface area contributed by atoms with Gasteiger partial charge in [0.25, 0.3) is 0 Å². The van der Waals surface area contributed by atoms with Crippen LogP contribution >= 0.6 is 0 Å². The topological polar surface area (TPSA) is 98.5 Å². The molecule has 0 aromatic heterocycles. The highest BCUT2D eigenvalue weighted by molar-refractivity contribution is 5.80. The van der Waals surface area contributed by atoms with Crippen molar-refractivity contribution in [3.05, 3.63) is 0 Å². The third-order valence-electron chi connectivity index (χ3n) is 5.88. The highest BCUT2D eigenvalue weighted by atomic mass is 16.5. The van der Waals surface area contributed by atoms with Crippen LogP contribution in [-0.4, -0.2) is 36.4 Å². The van der Waals surface area contributed by atoms with Gasteiger partial charge in [0.05, 0.1) is 6.10 Å². The van der Waals surface area contributed by atoms with Gasteiger partial charge in [-0.1, -0.05) is 53.9 Å². The summed E-state index contributed by atoms with van der Waals surface area (Å²) >= 11 is 0. The molecule has 0 heterocycles. The van der Waals surface area contributed by atoms with E-state index in [1.165, 1.54) is 19.3 Å². The first-order valence-corrected chi connectivity index (χ1v) is 12.6. The van der Waals surface area contributed by atoms with Crippen molar-refractivity contribution in [3.8, 4) is 0 Å². The number of nitrogens with one attached hydrogen (secondary N) is 1. The fourth-order valence-corrected chi connectivity index (χ4v) is 3.95. The van der Waals surface area contributed by atoms with E-state index in [0.717, 1.165) is 44.9 Å². The second kappa shape index (κ2) is 18.2. The fraction of sp³-hybridized carbons (Fsp3) is 0.880. The average Bonchev–Trinajstić information content (AvgIpc) is 2.79. The quantitative estimate of drug-likeness (QED) is 0.497. The molecular formula is C25H48N2O4. The normalized spacial score (nSPS) is 21.2. The number of primary amides is 1. The van der Waals surface area contributed by atoms with Crippen LogP contribution in [0.1, 0.15) is 112 Å². The number of ether oxygens (including phenoxy) is 1. The Bertz CT molecular complexity index is 494. The lowest BCUT2D eigenvalue weighted by Gasteiger charge is -2.29. The van der Waals surface area contributed by atoms with E-state index in [-0.39, 0.29) is 23.8 Å². The van der Waals surface area contributed by atoms with Crippen LogP contribution in [0.25, 0.3) is 0 Å². The molecule has 2 fully saturated rings. The Kier molecular flexibility index (Phi) is 17.3. The molecule has 31 heavy (non-hydrogen) atoms. The summed E-state index contributed by atoms with van der Waals surface area (Å²) in [6.07, 6.45) is 12.2. The number of rotatable bonds is 9. The predicted octanol–water partition coefficient (Wildman–Crippen LogP) is 4.92. The first-order chi connectivity index (χ1) is 14.8. The van der Waals surface area contributed by atoms with E-state index in [1.807, 2.05) is 34.6 Å². The molecule has 0 atom stereocenters. The first-order valence-electron chi connectivity index (χ1n) is 12.6. The van der Waals surface area contributed by atoms with Gasteiger partial charge in [0.15, 0.2) is 0 Å². The number of carbonyl (C=O) groups excluding carboxylic acids is 3. The maximum absolute atomic E-state index is 11.6. The van der Waals surface area contributed by atoms with Gasteiger partial charge in [-0.15, -0.1) is 0 Å². The van der Waals surface area contributed by atoms with Crippen LogP contribution in [0.15, 0.2) is 0 Å². The minimum Gasteiger partial charge on any atom is -0.378 e. The van der Waals surface area contributed by atoms with Crippen LogP contribution in [-0.2, 0) is 19.1 Å². The number of nitrogens with two attached hydrogens (primary N) is 1. The van der Waals surface area contributed by atoms with Gasteiger partial charge in [-0.05, 0) is 44.9 Å². The van der Waals surface area contributed by atoms with Crippen molar-refractivity contribution in [2.24, 2.45) is 17.6 Å². The smallest absolute Gasteiger partial charge is 0.222 e. The Morgan fingerprint density at radius 3 is 2.03 bits per heavy atom. The van der Waals surface area contributed by atoms with Gasteiger partial charge >= 0.3 is 0 Å². The van der Waals surface area contributed by atoms with Crippen molar-refractivity contribution < 1.29 is 19.1 Å². The van der Waals surface area contributed by atoms with Gasteiger partial charge in [0, 0.05) is 37.3 Å². The third-order valence-corrected chi connectivity index (χ3v) is 5.88. The van der Waals surface area contributed by atoms with E-state index in [4.69, 9.17) is 10.5 Å². The van der Waals surface area contributed by atoms with Crippen LogP contribution in [0, 0.1) is 11.8 Å². The Morgan fingerprint density at radius 1 is 0.968 bits per heavy atom. The summed E-state index contributed by atoms with van der Waals surface area (Å²) in [6.45, 7) is 10.4. The molecule has 0 aromatic rings. The lowest BCUT2D eigenvalue weighted by molar-refractivity contribution is -0.125. The van der Waals surface area contributed by atoms with Crippen molar-refractivity contribution in [2.75, 3.05) is 6.61 Å². The summed E-state index contributed by atoms with van der Waals surface area (Å²) in [5.41, 5.74) is 5.07. The van der Waals surface area contributed by atoms with Crippen LogP contribution in [0.5, 0.6) is 0 Å². The molecule has 2 rings (SSSR count). The summed E-state index contributed by atoms with van der Waals surface area (Å²) in [4.78, 5) is 33.3. The van der Waals surface area contributed by atoms with Crippen LogP contribution in [0.4, 0.5) is 0 Å². The van der Waals surface area contributed by atoms with E-state index < -0.39 is 0 Å². The molecule has 0 unspecified atom stereocenters. The molecule has 2 amide bonds. The predicted molar refractivity (Wildman–Crippen MR) is 127 cm³/mol. The van der Waals surface area contributed by atoms with Crippen molar-refractivity contribution in [1.82, 2.24) is 5.32 Å². The van der Waals surface area contributed by atoms with Crippen molar-refractivity contribution >= 4 is 17.6 Å². The number of amides is 2. The first kappa shape index (κ1) is 29.6. The van der Waals surface area contributed by atoms with Crippen molar-refractivity contribution in [2.45, 2.75) is 124 Å². The van der Waals surface area contributed by atoms with Gasteiger partial charge in [0.1, 0.15) is 5.78 Å². The summed E-state index contributed by atoms with van der Waals surface area (Å²) < 4.78 is 5.71. The molecule has 0 bridgehead atoms. The molecule has 6 heteroatoms. The zero-order chi connectivity index (χ0) is 23.6. The van der Waals surface area contributed by atoms with Crippen molar-refractivity contribution in [3.63, 3.8) is 0 Å². The van der Waals surface area contributed by atoms with Crippen LogP contribution in [0.2, 0.25) is 0 Å². The summed E-state index contributed by atoms with van der Waals surface area (Å²) in [5, 5.41) is 3.07. The molecule has 6 nitrogen and oxygen atoms in total. The van der Waals surface area contributed by atoms with Crippen LogP contribution < -0.4 is 11.1 Å². The van der Waals surface area contributed by atoms with Gasteiger partial charge in [-0.25, -0.2) is 0 Å². The van der Waals surface area contributed by atoms with Crippen LogP contribution in [0.3, 0.4) is 0 Å². The monoisotopic (exact) mass is 440 g/mol. The second-order valence-electron chi connectivity index (χ2n) is 8.73. The molecule has 182 valence electrons. The molecule has 0 aliphatic heterocycles. The maximum atomic E-state index is 11.6. The van der Waals surface area contributed by atoms with Gasteiger partial charge in [-0.3, -0.25) is 14.4 Å². The number of Topliss-reactive ketones (excluding diaryl/α,β-unsaturated/α-hetero) is 1. The van der Waals surface area contributed by atoms with E-state index in [2.05, 4.69) is 5.32 Å². The number of hydrogen-bond acceptors (Lipinski definition) is 4. The third kappa shape index (κ3) is 14.3. The molecular weight excluding hydrogens is 392 g/mol. The second-order valence-corrected chi connectivity index (χ2v) is 8.73. The Morgan fingerprint density at radius 2 is 1.55 bits per heavy atom. The molecule has 2 aliphatic carbocycles. The zero-order valence-electron chi connectivity index (χ0n) is 20.7. The van der Waals surface area contributed by atoms with E-state index >= 15 is 0 Å². The standard InChI is InChI=1S/C14H26N2O3.C9H16O.C2H6/c1-10(2)14(18)16-11-5-7-12(8-6-11)19-9-3-4-13(15)17;1-2-9(10)8-6-4-3-5-7-8;1-2/h10-12H,3-9H2,1-2H3,(H2,15,17)(H,16,18);8H,2-7H2,1H3;1-2H3. The molecule has 2 aliphatic rings. The molecule has 0 saturated heterocycles. The number of ketones is 1. The van der Waals surface area contributed by atoms with Gasteiger partial charge < -0.3 is 15.8 Å². The highest BCUT2D eigenvalue weighted by Crippen LogP contribution is 2.25. The lowest BCUT2D eigenvalue weighted by atomic mass is 9.85. The average molecular weight is 441 g/mol. The minimum absolute atomic E-state index is 0.0442. The van der Waals surface area contributed by atoms with E-state index in [9.17, 15) is 14.4 Å². The minimum atomic E-state index is -0.274. The molecule has 0 radical (unpaired) electrons. The zero-order valence-corrected chi connectivity index (χ0v) is 20.7. The number of carbonyl (C=O) groups is 3. The Balaban J connectivity index is 0.000000628. The molecule has 3 N–H and O–H groups in total. The highest BCUT2D eigenvalue weighted by Gasteiger charge is 2.23. The number of hydrogen-bond donors (Lipinski definition) is 2. The van der Waals surface area contributed by atoms with Gasteiger partial charge in [0.2, 0.25) is 11.8 Å². The molecule has 0 aromatic carbocycles. The largest absolute Gasteiger partial charge is 0.378 e. The van der Waals surface area contributed by atoms with E-state index in [1.54, 1.807) is 0 Å². The van der Waals surface area contributed by atoms with Crippen molar-refractivity contribution in [1.29, 1.82) is 0 Å². The molecule has 0 spiro atoms. The molecule has 2 saturated carbocycles. The SMILES string of the molecule is CC.CC(C)C(=O)NC1CCC(OCCCC(N)=O)CC1.CCC(=O)C1CCCCC1. The fourth-order valence-electron chi connectivity index (χ4n) is 3.95. The lowest BCUT2D eigenvalue weighted by Crippen LogP contribution is -2.40. The summed E-state index contributed by atoms with van der Waals surface area (Å²) in [6, 6.07) is 0.292. The maximum Gasteiger partial charge on any atom is 0.222 e. The van der Waals surface area contributed by atoms with Gasteiger partial charge in [-0.2, -0.15) is 0 Å². The summed E-state index contributed by atoms with van der Waals surface area (Å²) in [5.74, 6) is 0.816. The summed E-state index contributed by atoms with van der Waals surface area (Å²) in [7, 11) is 0. The van der Waals surface area contributed by atoms with E-state index in [0.29, 0.717) is 37.2 Å². The Labute approximate surface area is 190 Å². The Hall–Kier alpha value is -1.43.